The molecule has 0 heterocycles. The second kappa shape index (κ2) is 4.02. The Balaban J connectivity index is 3.07. The van der Waals surface area contributed by atoms with Gasteiger partial charge in [0.15, 0.2) is 0 Å². The highest BCUT2D eigenvalue weighted by atomic mass is 16.6. The average Bonchev–Trinajstić information content (AvgIpc) is 2.15. The minimum atomic E-state index is -0.758. The van der Waals surface area contributed by atoms with Crippen LogP contribution in [-0.2, 0) is 0 Å². The van der Waals surface area contributed by atoms with Crippen LogP contribution in [0.15, 0.2) is 30.3 Å². The van der Waals surface area contributed by atoms with Gasteiger partial charge in [0.05, 0.1) is 4.92 Å². The molecule has 4 nitrogen and oxygen atoms in total. The molecule has 0 saturated heterocycles. The number of benzene rings is 1. The Hall–Kier alpha value is -2.15. The lowest BCUT2D eigenvalue weighted by molar-refractivity contribution is -0.418. The van der Waals surface area contributed by atoms with Crippen molar-refractivity contribution in [2.45, 2.75) is 0 Å². The maximum atomic E-state index is 10.1. The molecule has 1 rings (SSSR count). The summed E-state index contributed by atoms with van der Waals surface area (Å²) in [6, 6.07) is 10.1. The first-order chi connectivity index (χ1) is 6.24. The molecule has 1 aromatic carbocycles. The molecule has 0 unspecified atom stereocenters. The van der Waals surface area contributed by atoms with E-state index < -0.39 is 4.92 Å². The molecule has 1 aromatic rings. The zero-order valence-electron chi connectivity index (χ0n) is 6.60. The summed E-state index contributed by atoms with van der Waals surface area (Å²) in [6.07, 6.45) is 1.82. The fourth-order valence-corrected chi connectivity index (χ4v) is 0.850. The monoisotopic (exact) mass is 173 g/mol. The van der Waals surface area contributed by atoms with E-state index >= 15 is 0 Å². The van der Waals surface area contributed by atoms with Crippen molar-refractivity contribution in [2.24, 2.45) is 0 Å². The number of allylic oxidation sites excluding steroid dienone is 1. The zero-order valence-corrected chi connectivity index (χ0v) is 6.60. The lowest BCUT2D eigenvalue weighted by atomic mass is 10.1. The first-order valence-electron chi connectivity index (χ1n) is 3.47. The molecule has 0 atom stereocenters. The number of nitriles is 1. The molecule has 0 bridgehead atoms. The van der Waals surface area contributed by atoms with Crippen LogP contribution in [0.5, 0.6) is 0 Å². The summed E-state index contributed by atoms with van der Waals surface area (Å²) in [4.78, 5) is 9.31. The Morgan fingerprint density at radius 3 is 2.46 bits per heavy atom. The van der Waals surface area contributed by atoms with E-state index in [0.29, 0.717) is 5.56 Å². The van der Waals surface area contributed by atoms with Crippen molar-refractivity contribution < 1.29 is 4.92 Å². The predicted molar refractivity (Wildman–Crippen MR) is 45.7 cm³/mol. The first-order valence-corrected chi connectivity index (χ1v) is 3.47. The standard InChI is InChI=1S/C9H5N2O2/c10-6-9(7-11(12)13)8-4-2-1-3-5-8/h1-5H. The fourth-order valence-electron chi connectivity index (χ4n) is 0.850. The van der Waals surface area contributed by atoms with E-state index in [1.54, 1.807) is 36.4 Å². The van der Waals surface area contributed by atoms with Gasteiger partial charge in [0.1, 0.15) is 11.6 Å². The molecule has 0 spiro atoms. The summed E-state index contributed by atoms with van der Waals surface area (Å²) >= 11 is 0. The second-order valence-corrected chi connectivity index (χ2v) is 2.22. The van der Waals surface area contributed by atoms with Crippen molar-refractivity contribution >= 4 is 5.57 Å². The minimum Gasteiger partial charge on any atom is -0.258 e. The van der Waals surface area contributed by atoms with E-state index in [1.807, 2.05) is 6.20 Å². The van der Waals surface area contributed by atoms with Crippen LogP contribution in [0.2, 0.25) is 0 Å². The third-order valence-electron chi connectivity index (χ3n) is 1.38. The summed E-state index contributed by atoms with van der Waals surface area (Å²) < 4.78 is 0. The van der Waals surface area contributed by atoms with Gasteiger partial charge < -0.3 is 0 Å². The predicted octanol–water partition coefficient (Wildman–Crippen LogP) is 1.63. The van der Waals surface area contributed by atoms with Gasteiger partial charge in [-0.2, -0.15) is 5.26 Å². The molecular weight excluding hydrogens is 168 g/mol. The Bertz CT molecular complexity index is 376. The van der Waals surface area contributed by atoms with Gasteiger partial charge in [-0.15, -0.1) is 0 Å². The van der Waals surface area contributed by atoms with Gasteiger partial charge in [0, 0.05) is 0 Å². The van der Waals surface area contributed by atoms with Crippen molar-refractivity contribution in [3.8, 4) is 6.07 Å². The molecule has 0 saturated carbocycles. The van der Waals surface area contributed by atoms with Crippen LogP contribution in [0, 0.1) is 27.6 Å². The Morgan fingerprint density at radius 2 is 2.00 bits per heavy atom. The third-order valence-corrected chi connectivity index (χ3v) is 1.38. The van der Waals surface area contributed by atoms with Crippen LogP contribution in [0.1, 0.15) is 5.56 Å². The van der Waals surface area contributed by atoms with E-state index in [1.165, 1.54) is 0 Å². The molecule has 0 fully saturated rings. The normalized spacial score (nSPS) is 10.5. The maximum absolute atomic E-state index is 10.1. The van der Waals surface area contributed by atoms with Crippen LogP contribution >= 0.6 is 0 Å². The van der Waals surface area contributed by atoms with Crippen molar-refractivity contribution in [1.82, 2.24) is 0 Å². The molecule has 0 aliphatic rings. The summed E-state index contributed by atoms with van der Waals surface area (Å²) in [5.41, 5.74) is 0.437. The van der Waals surface area contributed by atoms with Gasteiger partial charge in [0.2, 0.25) is 0 Å². The van der Waals surface area contributed by atoms with Crippen molar-refractivity contribution in [1.29, 1.82) is 5.26 Å². The highest BCUT2D eigenvalue weighted by Gasteiger charge is 2.05. The number of nitro groups is 1. The van der Waals surface area contributed by atoms with Gasteiger partial charge in [-0.25, -0.2) is 0 Å². The molecular formula is C9H5N2O2. The van der Waals surface area contributed by atoms with Crippen LogP contribution < -0.4 is 0 Å². The van der Waals surface area contributed by atoms with Gasteiger partial charge in [-0.05, 0) is 5.56 Å². The lowest BCUT2D eigenvalue weighted by Crippen LogP contribution is -1.89. The molecule has 0 amide bonds. The van der Waals surface area contributed by atoms with Crippen LogP contribution in [0.3, 0.4) is 0 Å². The molecule has 0 N–H and O–H groups in total. The Morgan fingerprint density at radius 1 is 1.38 bits per heavy atom. The van der Waals surface area contributed by atoms with E-state index in [2.05, 4.69) is 0 Å². The van der Waals surface area contributed by atoms with Gasteiger partial charge in [-0.1, -0.05) is 30.3 Å². The van der Waals surface area contributed by atoms with Gasteiger partial charge in [0.25, 0.3) is 0 Å². The number of rotatable bonds is 2. The molecule has 0 aliphatic heterocycles. The smallest absolute Gasteiger partial charge is 0.258 e. The average molecular weight is 173 g/mol. The largest absolute Gasteiger partial charge is 0.365 e. The number of nitrogens with zero attached hydrogens (tertiary/aromatic N) is 2. The maximum Gasteiger partial charge on any atom is 0.365 e. The lowest BCUT2D eigenvalue weighted by Gasteiger charge is -1.92. The van der Waals surface area contributed by atoms with Crippen molar-refractivity contribution in [2.75, 3.05) is 0 Å². The SMILES string of the molecule is N#C/C(=[C]\[N+](=O)[O-])c1ccccc1. The molecule has 0 aliphatic carbocycles. The first kappa shape index (κ1) is 8.94. The van der Waals surface area contributed by atoms with E-state index in [-0.39, 0.29) is 5.57 Å². The Kier molecular flexibility index (Phi) is 2.77. The minimum absolute atomic E-state index is 0.0643. The topological polar surface area (TPSA) is 66.9 Å². The third kappa shape index (κ3) is 2.42. The van der Waals surface area contributed by atoms with E-state index in [4.69, 9.17) is 5.26 Å². The summed E-state index contributed by atoms with van der Waals surface area (Å²) in [7, 11) is 0. The van der Waals surface area contributed by atoms with E-state index in [9.17, 15) is 10.1 Å². The molecule has 63 valence electrons. The highest BCUT2D eigenvalue weighted by molar-refractivity contribution is 5.74. The quantitative estimate of drug-likeness (QED) is 0.295. The molecule has 4 heteroatoms. The number of hydrogen-bond donors (Lipinski definition) is 0. The van der Waals surface area contributed by atoms with Crippen LogP contribution in [0.25, 0.3) is 5.57 Å². The number of hydrogen-bond acceptors (Lipinski definition) is 3. The highest BCUT2D eigenvalue weighted by Crippen LogP contribution is 2.11. The van der Waals surface area contributed by atoms with Crippen molar-refractivity contribution in [3.63, 3.8) is 0 Å². The van der Waals surface area contributed by atoms with Gasteiger partial charge in [-0.3, -0.25) is 10.1 Å². The Labute approximate surface area is 74.9 Å². The van der Waals surface area contributed by atoms with Crippen LogP contribution in [-0.4, -0.2) is 4.92 Å². The molecule has 1 radical (unpaired) electrons. The fraction of sp³-hybridized carbons (Fsp3) is 0. The van der Waals surface area contributed by atoms with Gasteiger partial charge >= 0.3 is 6.20 Å². The van der Waals surface area contributed by atoms with Crippen LogP contribution in [0.4, 0.5) is 0 Å². The summed E-state index contributed by atoms with van der Waals surface area (Å²) in [6.45, 7) is 0. The summed E-state index contributed by atoms with van der Waals surface area (Å²) in [5.74, 6) is 0. The zero-order chi connectivity index (χ0) is 9.68. The molecule has 0 aromatic heterocycles. The summed E-state index contributed by atoms with van der Waals surface area (Å²) in [5, 5.41) is 18.6. The molecule has 13 heavy (non-hydrogen) atoms. The second-order valence-electron chi connectivity index (χ2n) is 2.22. The van der Waals surface area contributed by atoms with Crippen molar-refractivity contribution in [3.05, 3.63) is 52.2 Å². The van der Waals surface area contributed by atoms with E-state index in [0.717, 1.165) is 0 Å².